The SMILES string of the molecule is O=C(NCCc1cccc(C(F)(F)F)c1)c1sc(-c2ccc(F)cc2)nc1C(F)(F)F. The first-order chi connectivity index (χ1) is 14.4. The van der Waals surface area contributed by atoms with Crippen LogP contribution in [0.2, 0.25) is 0 Å². The number of benzene rings is 2. The third-order valence-electron chi connectivity index (χ3n) is 4.15. The molecule has 0 saturated carbocycles. The summed E-state index contributed by atoms with van der Waals surface area (Å²) in [6.07, 6.45) is -9.44. The van der Waals surface area contributed by atoms with Gasteiger partial charge in [-0.05, 0) is 42.3 Å². The van der Waals surface area contributed by atoms with Gasteiger partial charge in [-0.1, -0.05) is 18.2 Å². The quantitative estimate of drug-likeness (QED) is 0.476. The summed E-state index contributed by atoms with van der Waals surface area (Å²) in [4.78, 5) is 15.2. The van der Waals surface area contributed by atoms with E-state index >= 15 is 0 Å². The largest absolute Gasteiger partial charge is 0.435 e. The van der Waals surface area contributed by atoms with Gasteiger partial charge < -0.3 is 5.32 Å². The molecule has 3 aromatic rings. The molecule has 0 aliphatic rings. The maximum Gasteiger partial charge on any atom is 0.435 e. The fraction of sp³-hybridized carbons (Fsp3) is 0.200. The number of carbonyl (C=O) groups excluding carboxylic acids is 1. The second-order valence-electron chi connectivity index (χ2n) is 6.41. The molecule has 1 N–H and O–H groups in total. The number of rotatable bonds is 5. The second kappa shape index (κ2) is 8.66. The van der Waals surface area contributed by atoms with Gasteiger partial charge in [-0.2, -0.15) is 26.3 Å². The Balaban J connectivity index is 1.76. The fourth-order valence-corrected chi connectivity index (χ4v) is 3.69. The molecule has 31 heavy (non-hydrogen) atoms. The van der Waals surface area contributed by atoms with Crippen LogP contribution in [0.4, 0.5) is 30.7 Å². The van der Waals surface area contributed by atoms with Crippen LogP contribution in [0.15, 0.2) is 48.5 Å². The lowest BCUT2D eigenvalue weighted by molar-refractivity contribution is -0.141. The van der Waals surface area contributed by atoms with E-state index in [1.165, 1.54) is 24.3 Å². The Kier molecular flexibility index (Phi) is 6.35. The van der Waals surface area contributed by atoms with Crippen molar-refractivity contribution in [3.63, 3.8) is 0 Å². The summed E-state index contributed by atoms with van der Waals surface area (Å²) in [7, 11) is 0. The van der Waals surface area contributed by atoms with Crippen LogP contribution in [0.25, 0.3) is 10.6 Å². The molecule has 0 fully saturated rings. The van der Waals surface area contributed by atoms with Gasteiger partial charge in [0, 0.05) is 12.1 Å². The first kappa shape index (κ1) is 22.7. The molecule has 1 aromatic heterocycles. The average Bonchev–Trinajstić information content (AvgIpc) is 3.14. The van der Waals surface area contributed by atoms with Gasteiger partial charge in [0.2, 0.25) is 0 Å². The number of nitrogens with one attached hydrogen (secondary N) is 1. The Morgan fingerprint density at radius 3 is 2.26 bits per heavy atom. The lowest BCUT2D eigenvalue weighted by Crippen LogP contribution is -2.27. The van der Waals surface area contributed by atoms with Crippen molar-refractivity contribution in [1.82, 2.24) is 10.3 Å². The maximum atomic E-state index is 13.3. The second-order valence-corrected chi connectivity index (χ2v) is 7.40. The molecular weight excluding hydrogens is 449 g/mol. The third kappa shape index (κ3) is 5.60. The molecule has 0 bridgehead atoms. The summed E-state index contributed by atoms with van der Waals surface area (Å²) in [5, 5.41) is 2.17. The predicted molar refractivity (Wildman–Crippen MR) is 100.0 cm³/mol. The zero-order valence-electron chi connectivity index (χ0n) is 15.4. The van der Waals surface area contributed by atoms with Crippen molar-refractivity contribution in [2.45, 2.75) is 18.8 Å². The van der Waals surface area contributed by atoms with Gasteiger partial charge in [0.05, 0.1) is 5.56 Å². The predicted octanol–water partition coefficient (Wildman–Crippen LogP) is 5.96. The number of alkyl halides is 6. The topological polar surface area (TPSA) is 42.0 Å². The molecule has 164 valence electrons. The van der Waals surface area contributed by atoms with Gasteiger partial charge in [-0.3, -0.25) is 4.79 Å². The number of halogens is 7. The number of amides is 1. The molecule has 3 nitrogen and oxygen atoms in total. The number of carbonyl (C=O) groups is 1. The molecule has 11 heteroatoms. The first-order valence-corrected chi connectivity index (χ1v) is 9.55. The lowest BCUT2D eigenvalue weighted by atomic mass is 10.1. The standard InChI is InChI=1S/C20H13F7N2OS/c21-14-6-4-12(5-7-14)18-29-16(20(25,26)27)15(31-18)17(30)28-9-8-11-2-1-3-13(10-11)19(22,23)24/h1-7,10H,8-9H2,(H,28,30). The Labute approximate surface area is 175 Å². The Morgan fingerprint density at radius 2 is 1.65 bits per heavy atom. The Hall–Kier alpha value is -2.95. The molecule has 0 radical (unpaired) electrons. The van der Waals surface area contributed by atoms with E-state index in [0.717, 1.165) is 24.3 Å². The number of thiazole rings is 1. The van der Waals surface area contributed by atoms with Crippen LogP contribution in [0.3, 0.4) is 0 Å². The summed E-state index contributed by atoms with van der Waals surface area (Å²) in [6, 6.07) is 9.02. The molecule has 0 unspecified atom stereocenters. The van der Waals surface area contributed by atoms with Crippen LogP contribution in [0.5, 0.6) is 0 Å². The summed E-state index contributed by atoms with van der Waals surface area (Å²) < 4.78 is 91.4. The van der Waals surface area contributed by atoms with Crippen LogP contribution < -0.4 is 5.32 Å². The van der Waals surface area contributed by atoms with Crippen molar-refractivity contribution < 1.29 is 35.5 Å². The van der Waals surface area contributed by atoms with Crippen molar-refractivity contribution in [1.29, 1.82) is 0 Å². The Morgan fingerprint density at radius 1 is 0.968 bits per heavy atom. The molecule has 1 heterocycles. The van der Waals surface area contributed by atoms with Crippen LogP contribution in [0.1, 0.15) is 26.5 Å². The van der Waals surface area contributed by atoms with E-state index in [9.17, 15) is 35.5 Å². The number of hydrogen-bond donors (Lipinski definition) is 1. The number of aromatic nitrogens is 1. The monoisotopic (exact) mass is 462 g/mol. The van der Waals surface area contributed by atoms with Crippen molar-refractivity contribution in [3.8, 4) is 10.6 Å². The van der Waals surface area contributed by atoms with Gasteiger partial charge in [0.15, 0.2) is 5.69 Å². The summed E-state index contributed by atoms with van der Waals surface area (Å²) in [6.45, 7) is -0.179. The first-order valence-electron chi connectivity index (χ1n) is 8.73. The molecule has 3 rings (SSSR count). The number of nitrogens with zero attached hydrogens (tertiary/aromatic N) is 1. The highest BCUT2D eigenvalue weighted by molar-refractivity contribution is 7.17. The van der Waals surface area contributed by atoms with E-state index in [-0.39, 0.29) is 29.1 Å². The molecule has 0 aliphatic heterocycles. The average molecular weight is 462 g/mol. The summed E-state index contributed by atoms with van der Waals surface area (Å²) >= 11 is 0.491. The van der Waals surface area contributed by atoms with E-state index in [1.54, 1.807) is 0 Å². The van der Waals surface area contributed by atoms with Crippen LogP contribution >= 0.6 is 11.3 Å². The highest BCUT2D eigenvalue weighted by Crippen LogP contribution is 2.37. The normalized spacial score (nSPS) is 12.1. The minimum atomic E-state index is -4.90. The number of hydrogen-bond acceptors (Lipinski definition) is 3. The molecule has 0 atom stereocenters. The minimum absolute atomic E-state index is 0.0133. The van der Waals surface area contributed by atoms with Gasteiger partial charge in [-0.25, -0.2) is 9.37 Å². The van der Waals surface area contributed by atoms with E-state index in [0.29, 0.717) is 11.3 Å². The molecule has 2 aromatic carbocycles. The van der Waals surface area contributed by atoms with Gasteiger partial charge in [-0.15, -0.1) is 11.3 Å². The van der Waals surface area contributed by atoms with Crippen molar-refractivity contribution in [2.75, 3.05) is 6.54 Å². The Bertz CT molecular complexity index is 1070. The summed E-state index contributed by atoms with van der Waals surface area (Å²) in [5.74, 6) is -1.63. The zero-order chi connectivity index (χ0) is 22.8. The smallest absolute Gasteiger partial charge is 0.351 e. The van der Waals surface area contributed by atoms with Gasteiger partial charge in [0.25, 0.3) is 5.91 Å². The molecule has 0 spiro atoms. The van der Waals surface area contributed by atoms with Gasteiger partial charge in [0.1, 0.15) is 15.7 Å². The van der Waals surface area contributed by atoms with Crippen LogP contribution in [0, 0.1) is 5.82 Å². The van der Waals surface area contributed by atoms with E-state index in [1.807, 2.05) is 0 Å². The van der Waals surface area contributed by atoms with Crippen LogP contribution in [-0.2, 0) is 18.8 Å². The maximum absolute atomic E-state index is 13.3. The zero-order valence-corrected chi connectivity index (χ0v) is 16.3. The highest BCUT2D eigenvalue weighted by atomic mass is 32.1. The highest BCUT2D eigenvalue weighted by Gasteiger charge is 2.39. The molecular formula is C20H13F7N2OS. The molecule has 0 aliphatic carbocycles. The molecule has 0 saturated heterocycles. The fourth-order valence-electron chi connectivity index (χ4n) is 2.69. The minimum Gasteiger partial charge on any atom is -0.351 e. The summed E-state index contributed by atoms with van der Waals surface area (Å²) in [5.41, 5.74) is -1.77. The van der Waals surface area contributed by atoms with E-state index < -0.39 is 40.2 Å². The van der Waals surface area contributed by atoms with Crippen molar-refractivity contribution in [3.05, 3.63) is 76.0 Å². The van der Waals surface area contributed by atoms with Crippen molar-refractivity contribution >= 4 is 17.2 Å². The van der Waals surface area contributed by atoms with E-state index in [2.05, 4.69) is 10.3 Å². The van der Waals surface area contributed by atoms with Crippen LogP contribution in [-0.4, -0.2) is 17.4 Å². The van der Waals surface area contributed by atoms with Crippen molar-refractivity contribution in [2.24, 2.45) is 0 Å². The van der Waals surface area contributed by atoms with E-state index in [4.69, 9.17) is 0 Å². The molecule has 1 amide bonds. The lowest BCUT2D eigenvalue weighted by Gasteiger charge is -2.10. The van der Waals surface area contributed by atoms with Gasteiger partial charge >= 0.3 is 12.4 Å². The third-order valence-corrected chi connectivity index (χ3v) is 5.25.